The van der Waals surface area contributed by atoms with Crippen LogP contribution in [0.15, 0.2) is 60.1 Å². The van der Waals surface area contributed by atoms with Gasteiger partial charge in [-0.1, -0.05) is 41.5 Å². The second kappa shape index (κ2) is 9.69. The normalized spacial score (nSPS) is 11.5. The molecule has 1 aromatic heterocycles. The molecule has 0 saturated carbocycles. The van der Waals surface area contributed by atoms with Crippen molar-refractivity contribution in [2.24, 2.45) is 4.99 Å². The molecule has 0 aliphatic carbocycles. The standard InChI is InChI=1S/C22H28N6/c1-4-24-22(25-10-9-20-12-17(2)11-18(3)13-20)26-14-19-5-7-21(8-6-19)28-16-23-15-27-28/h5-8,11-13,15-16H,4,9-10,14H2,1-3H3,(H2,24,25,26). The fourth-order valence-electron chi connectivity index (χ4n) is 3.15. The summed E-state index contributed by atoms with van der Waals surface area (Å²) in [5.41, 5.74) is 6.11. The minimum Gasteiger partial charge on any atom is -0.357 e. The average Bonchev–Trinajstić information content (AvgIpc) is 3.20. The van der Waals surface area contributed by atoms with Gasteiger partial charge >= 0.3 is 0 Å². The van der Waals surface area contributed by atoms with Crippen molar-refractivity contribution in [1.82, 2.24) is 25.4 Å². The van der Waals surface area contributed by atoms with E-state index in [0.717, 1.165) is 36.7 Å². The molecule has 3 rings (SSSR count). The third-order valence-corrected chi connectivity index (χ3v) is 4.37. The predicted octanol–water partition coefficient (Wildman–Crippen LogP) is 3.18. The number of aromatic nitrogens is 3. The van der Waals surface area contributed by atoms with Gasteiger partial charge in [0.15, 0.2) is 5.96 Å². The highest BCUT2D eigenvalue weighted by Gasteiger charge is 2.01. The second-order valence-electron chi connectivity index (χ2n) is 6.87. The van der Waals surface area contributed by atoms with Gasteiger partial charge in [-0.2, -0.15) is 5.10 Å². The molecule has 6 nitrogen and oxygen atoms in total. The van der Waals surface area contributed by atoms with Crippen LogP contribution in [0, 0.1) is 13.8 Å². The lowest BCUT2D eigenvalue weighted by molar-refractivity contribution is 0.799. The summed E-state index contributed by atoms with van der Waals surface area (Å²) in [6, 6.07) is 14.9. The second-order valence-corrected chi connectivity index (χ2v) is 6.87. The molecule has 0 radical (unpaired) electrons. The summed E-state index contributed by atoms with van der Waals surface area (Å²) >= 11 is 0. The van der Waals surface area contributed by atoms with Gasteiger partial charge in [-0.3, -0.25) is 0 Å². The molecule has 146 valence electrons. The fraction of sp³-hybridized carbons (Fsp3) is 0.318. The first-order valence-electron chi connectivity index (χ1n) is 9.67. The molecule has 0 unspecified atom stereocenters. The Morgan fingerprint density at radius 2 is 1.75 bits per heavy atom. The number of rotatable bonds is 7. The lowest BCUT2D eigenvalue weighted by Gasteiger charge is -2.12. The number of aliphatic imine (C=N–C) groups is 1. The molecular weight excluding hydrogens is 348 g/mol. The Hall–Kier alpha value is -3.15. The van der Waals surface area contributed by atoms with Crippen LogP contribution in [0.4, 0.5) is 0 Å². The van der Waals surface area contributed by atoms with Crippen LogP contribution in [-0.2, 0) is 13.0 Å². The van der Waals surface area contributed by atoms with Crippen LogP contribution >= 0.6 is 0 Å². The van der Waals surface area contributed by atoms with E-state index >= 15 is 0 Å². The first kappa shape index (κ1) is 19.6. The van der Waals surface area contributed by atoms with Crippen molar-refractivity contribution in [1.29, 1.82) is 0 Å². The predicted molar refractivity (Wildman–Crippen MR) is 114 cm³/mol. The molecule has 28 heavy (non-hydrogen) atoms. The van der Waals surface area contributed by atoms with Crippen molar-refractivity contribution in [3.05, 3.63) is 77.4 Å². The van der Waals surface area contributed by atoms with E-state index < -0.39 is 0 Å². The van der Waals surface area contributed by atoms with Gasteiger partial charge in [-0.25, -0.2) is 14.7 Å². The van der Waals surface area contributed by atoms with Gasteiger partial charge in [0.1, 0.15) is 12.7 Å². The molecule has 0 bridgehead atoms. The molecule has 0 fully saturated rings. The van der Waals surface area contributed by atoms with Crippen molar-refractivity contribution in [3.63, 3.8) is 0 Å². The summed E-state index contributed by atoms with van der Waals surface area (Å²) in [6.45, 7) is 8.67. The number of aryl methyl sites for hydroxylation is 2. The fourth-order valence-corrected chi connectivity index (χ4v) is 3.15. The maximum Gasteiger partial charge on any atom is 0.191 e. The molecule has 0 atom stereocenters. The zero-order valence-corrected chi connectivity index (χ0v) is 16.8. The maximum atomic E-state index is 4.70. The smallest absolute Gasteiger partial charge is 0.191 e. The first-order valence-corrected chi connectivity index (χ1v) is 9.67. The van der Waals surface area contributed by atoms with E-state index in [9.17, 15) is 0 Å². The van der Waals surface area contributed by atoms with E-state index in [1.807, 2.05) is 12.1 Å². The van der Waals surface area contributed by atoms with E-state index in [-0.39, 0.29) is 0 Å². The van der Waals surface area contributed by atoms with E-state index in [2.05, 4.69) is 71.8 Å². The highest BCUT2D eigenvalue weighted by atomic mass is 15.3. The summed E-state index contributed by atoms with van der Waals surface area (Å²) in [6.07, 6.45) is 4.19. The average molecular weight is 377 g/mol. The molecule has 2 aromatic carbocycles. The Morgan fingerprint density at radius 3 is 2.39 bits per heavy atom. The van der Waals surface area contributed by atoms with Gasteiger partial charge in [0, 0.05) is 13.1 Å². The summed E-state index contributed by atoms with van der Waals surface area (Å²) in [7, 11) is 0. The van der Waals surface area contributed by atoms with Gasteiger partial charge in [0.05, 0.1) is 12.2 Å². The first-order chi connectivity index (χ1) is 13.6. The molecule has 6 heteroatoms. The Bertz CT molecular complexity index is 877. The minimum absolute atomic E-state index is 0.622. The van der Waals surface area contributed by atoms with Crippen LogP contribution < -0.4 is 10.6 Å². The van der Waals surface area contributed by atoms with E-state index in [1.54, 1.807) is 11.0 Å². The van der Waals surface area contributed by atoms with Crippen molar-refractivity contribution < 1.29 is 0 Å². The topological polar surface area (TPSA) is 67.1 Å². The Morgan fingerprint density at radius 1 is 1.00 bits per heavy atom. The quantitative estimate of drug-likeness (QED) is 0.491. The minimum atomic E-state index is 0.622. The van der Waals surface area contributed by atoms with Gasteiger partial charge < -0.3 is 10.6 Å². The summed E-state index contributed by atoms with van der Waals surface area (Å²) in [5.74, 6) is 0.840. The van der Waals surface area contributed by atoms with E-state index in [4.69, 9.17) is 4.99 Å². The lowest BCUT2D eigenvalue weighted by atomic mass is 10.1. The highest BCUT2D eigenvalue weighted by molar-refractivity contribution is 5.79. The molecule has 0 aliphatic heterocycles. The van der Waals surface area contributed by atoms with Gasteiger partial charge in [-0.15, -0.1) is 0 Å². The van der Waals surface area contributed by atoms with Crippen molar-refractivity contribution >= 4 is 5.96 Å². The van der Waals surface area contributed by atoms with Crippen molar-refractivity contribution in [2.75, 3.05) is 13.1 Å². The molecule has 0 aliphatic rings. The van der Waals surface area contributed by atoms with Crippen molar-refractivity contribution in [3.8, 4) is 5.69 Å². The maximum absolute atomic E-state index is 4.70. The number of guanidine groups is 1. The van der Waals surface area contributed by atoms with Crippen LogP contribution in [0.2, 0.25) is 0 Å². The third-order valence-electron chi connectivity index (χ3n) is 4.37. The zero-order chi connectivity index (χ0) is 19.8. The Kier molecular flexibility index (Phi) is 6.78. The Balaban J connectivity index is 1.56. The summed E-state index contributed by atoms with van der Waals surface area (Å²) in [4.78, 5) is 8.68. The number of hydrogen-bond donors (Lipinski definition) is 2. The Labute approximate surface area is 166 Å². The van der Waals surface area contributed by atoms with E-state index in [1.165, 1.54) is 23.0 Å². The number of nitrogens with one attached hydrogen (secondary N) is 2. The van der Waals surface area contributed by atoms with Gasteiger partial charge in [0.25, 0.3) is 0 Å². The van der Waals surface area contributed by atoms with Crippen LogP contribution in [-0.4, -0.2) is 33.8 Å². The van der Waals surface area contributed by atoms with Crippen LogP contribution in [0.25, 0.3) is 5.69 Å². The molecule has 1 heterocycles. The summed E-state index contributed by atoms with van der Waals surface area (Å²) < 4.78 is 1.74. The molecular formula is C22H28N6. The molecule has 0 saturated heterocycles. The summed E-state index contributed by atoms with van der Waals surface area (Å²) in [5, 5.41) is 10.9. The largest absolute Gasteiger partial charge is 0.357 e. The van der Waals surface area contributed by atoms with Gasteiger partial charge in [-0.05, 0) is 50.5 Å². The molecule has 0 amide bonds. The number of nitrogens with zero attached hydrogens (tertiary/aromatic N) is 4. The van der Waals surface area contributed by atoms with Crippen molar-refractivity contribution in [2.45, 2.75) is 33.7 Å². The van der Waals surface area contributed by atoms with Crippen LogP contribution in [0.5, 0.6) is 0 Å². The molecule has 0 spiro atoms. The molecule has 3 aromatic rings. The monoisotopic (exact) mass is 376 g/mol. The lowest BCUT2D eigenvalue weighted by Crippen LogP contribution is -2.38. The zero-order valence-electron chi connectivity index (χ0n) is 16.8. The third kappa shape index (κ3) is 5.67. The highest BCUT2D eigenvalue weighted by Crippen LogP contribution is 2.10. The molecule has 2 N–H and O–H groups in total. The van der Waals surface area contributed by atoms with Crippen LogP contribution in [0.3, 0.4) is 0 Å². The van der Waals surface area contributed by atoms with Gasteiger partial charge in [0.2, 0.25) is 0 Å². The SMILES string of the molecule is CCNC(=NCc1ccc(-n2cncn2)cc1)NCCc1cc(C)cc(C)c1. The number of hydrogen-bond acceptors (Lipinski definition) is 3. The number of benzene rings is 2. The van der Waals surface area contributed by atoms with E-state index in [0.29, 0.717) is 6.54 Å². The van der Waals surface area contributed by atoms with Crippen LogP contribution in [0.1, 0.15) is 29.2 Å².